The second-order valence-electron chi connectivity index (χ2n) is 6.50. The number of halogens is 1. The Morgan fingerprint density at radius 2 is 1.82 bits per heavy atom. The molecule has 2 aromatic rings. The van der Waals surface area contributed by atoms with Crippen molar-refractivity contribution in [2.45, 2.75) is 23.8 Å². The molecule has 3 rings (SSSR count). The normalized spacial score (nSPS) is 15.3. The van der Waals surface area contributed by atoms with Crippen LogP contribution in [-0.4, -0.2) is 45.6 Å². The number of carbonyl (C=O) groups is 1. The number of amides is 2. The highest BCUT2D eigenvalue weighted by Gasteiger charge is 2.27. The number of carbonyl (C=O) groups excluding carboxylic acids is 1. The van der Waals surface area contributed by atoms with Gasteiger partial charge in [-0.3, -0.25) is 0 Å². The van der Waals surface area contributed by atoms with Crippen LogP contribution in [0.4, 0.5) is 14.9 Å². The van der Waals surface area contributed by atoms with E-state index in [1.165, 1.54) is 18.2 Å². The first-order chi connectivity index (χ1) is 13.4. The van der Waals surface area contributed by atoms with Crippen LogP contribution in [0, 0.1) is 5.82 Å². The van der Waals surface area contributed by atoms with Crippen molar-refractivity contribution in [3.8, 4) is 5.75 Å². The molecule has 9 heteroatoms. The quantitative estimate of drug-likeness (QED) is 0.798. The van der Waals surface area contributed by atoms with Crippen molar-refractivity contribution in [2.24, 2.45) is 0 Å². The third kappa shape index (κ3) is 4.99. The standard InChI is InChI=1S/C19H22FN3O4S/c1-27-17-7-5-15(6-8-17)21-19(24)23-11-9-16(10-12-23)22-28(25,26)18-4-2-3-14(20)13-18/h2-8,13,16,22H,9-12H2,1H3,(H,21,24). The van der Waals surface area contributed by atoms with E-state index in [-0.39, 0.29) is 17.0 Å². The Kier molecular flexibility index (Phi) is 6.15. The smallest absolute Gasteiger partial charge is 0.321 e. The van der Waals surface area contributed by atoms with Gasteiger partial charge in [0.15, 0.2) is 0 Å². The Bertz CT molecular complexity index is 926. The van der Waals surface area contributed by atoms with Gasteiger partial charge in [0, 0.05) is 24.8 Å². The average Bonchev–Trinajstić information content (AvgIpc) is 2.69. The van der Waals surface area contributed by atoms with Crippen molar-refractivity contribution in [1.29, 1.82) is 0 Å². The molecule has 0 bridgehead atoms. The molecule has 1 saturated heterocycles. The van der Waals surface area contributed by atoms with E-state index in [2.05, 4.69) is 10.0 Å². The van der Waals surface area contributed by atoms with Gasteiger partial charge in [0.05, 0.1) is 12.0 Å². The molecule has 2 aromatic carbocycles. The summed E-state index contributed by atoms with van der Waals surface area (Å²) in [7, 11) is -2.23. The molecule has 0 spiro atoms. The summed E-state index contributed by atoms with van der Waals surface area (Å²) < 4.78 is 45.7. The maximum atomic E-state index is 13.3. The fraction of sp³-hybridized carbons (Fsp3) is 0.316. The first-order valence-electron chi connectivity index (χ1n) is 8.85. The number of nitrogens with one attached hydrogen (secondary N) is 2. The van der Waals surface area contributed by atoms with Gasteiger partial charge in [0.1, 0.15) is 11.6 Å². The number of methoxy groups -OCH3 is 1. The third-order valence-electron chi connectivity index (χ3n) is 4.55. The Balaban J connectivity index is 1.53. The van der Waals surface area contributed by atoms with E-state index < -0.39 is 15.8 Å². The molecule has 150 valence electrons. The van der Waals surface area contributed by atoms with Gasteiger partial charge in [-0.15, -0.1) is 0 Å². The van der Waals surface area contributed by atoms with E-state index in [4.69, 9.17) is 4.74 Å². The predicted octanol–water partition coefficient (Wildman–Crippen LogP) is 2.81. The number of sulfonamides is 1. The molecule has 1 aliphatic rings. The van der Waals surface area contributed by atoms with Crippen molar-refractivity contribution >= 4 is 21.7 Å². The highest BCUT2D eigenvalue weighted by molar-refractivity contribution is 7.89. The van der Waals surface area contributed by atoms with E-state index in [9.17, 15) is 17.6 Å². The molecule has 2 amide bonds. The maximum absolute atomic E-state index is 13.3. The number of urea groups is 1. The number of likely N-dealkylation sites (tertiary alicyclic amines) is 1. The number of benzene rings is 2. The number of hydrogen-bond acceptors (Lipinski definition) is 4. The molecule has 0 saturated carbocycles. The molecule has 1 heterocycles. The van der Waals surface area contributed by atoms with Crippen molar-refractivity contribution in [2.75, 3.05) is 25.5 Å². The predicted molar refractivity (Wildman–Crippen MR) is 103 cm³/mol. The van der Waals surface area contributed by atoms with Crippen LogP contribution in [0.25, 0.3) is 0 Å². The van der Waals surface area contributed by atoms with Crippen LogP contribution < -0.4 is 14.8 Å². The largest absolute Gasteiger partial charge is 0.497 e. The summed E-state index contributed by atoms with van der Waals surface area (Å²) in [5.74, 6) is 0.0947. The van der Waals surface area contributed by atoms with E-state index >= 15 is 0 Å². The Morgan fingerprint density at radius 1 is 1.14 bits per heavy atom. The van der Waals surface area contributed by atoms with Gasteiger partial charge in [0.2, 0.25) is 10.0 Å². The van der Waals surface area contributed by atoms with Gasteiger partial charge in [-0.25, -0.2) is 22.3 Å². The first-order valence-corrected chi connectivity index (χ1v) is 10.3. The van der Waals surface area contributed by atoms with Crippen molar-refractivity contribution in [3.05, 3.63) is 54.3 Å². The minimum atomic E-state index is -3.80. The molecule has 7 nitrogen and oxygen atoms in total. The lowest BCUT2D eigenvalue weighted by Gasteiger charge is -2.32. The Morgan fingerprint density at radius 3 is 2.43 bits per heavy atom. The Hall–Kier alpha value is -2.65. The fourth-order valence-electron chi connectivity index (χ4n) is 3.00. The number of nitrogens with zero attached hydrogens (tertiary/aromatic N) is 1. The van der Waals surface area contributed by atoms with Gasteiger partial charge in [-0.2, -0.15) is 0 Å². The molecule has 0 atom stereocenters. The van der Waals surface area contributed by atoms with Crippen LogP contribution in [0.1, 0.15) is 12.8 Å². The van der Waals surface area contributed by atoms with Crippen LogP contribution in [-0.2, 0) is 10.0 Å². The molecule has 1 fully saturated rings. The van der Waals surface area contributed by atoms with Gasteiger partial charge < -0.3 is 15.0 Å². The number of ether oxygens (including phenoxy) is 1. The lowest BCUT2D eigenvalue weighted by atomic mass is 10.1. The maximum Gasteiger partial charge on any atom is 0.321 e. The zero-order valence-corrected chi connectivity index (χ0v) is 16.2. The minimum Gasteiger partial charge on any atom is -0.497 e. The Labute approximate surface area is 163 Å². The lowest BCUT2D eigenvalue weighted by molar-refractivity contribution is 0.193. The first kappa shape index (κ1) is 20.1. The van der Waals surface area contributed by atoms with Gasteiger partial charge in [-0.05, 0) is 55.3 Å². The van der Waals surface area contributed by atoms with E-state index in [1.807, 2.05) is 0 Å². The molecule has 0 aromatic heterocycles. The zero-order valence-electron chi connectivity index (χ0n) is 15.4. The summed E-state index contributed by atoms with van der Waals surface area (Å²) in [6, 6.07) is 11.3. The summed E-state index contributed by atoms with van der Waals surface area (Å²) in [4.78, 5) is 13.9. The molecule has 0 aliphatic carbocycles. The van der Waals surface area contributed by atoms with Crippen LogP contribution in [0.5, 0.6) is 5.75 Å². The van der Waals surface area contributed by atoms with Crippen molar-refractivity contribution in [3.63, 3.8) is 0 Å². The van der Waals surface area contributed by atoms with Crippen molar-refractivity contribution in [1.82, 2.24) is 9.62 Å². The number of hydrogen-bond donors (Lipinski definition) is 2. The minimum absolute atomic E-state index is 0.104. The van der Waals surface area contributed by atoms with Crippen LogP contribution in [0.15, 0.2) is 53.4 Å². The summed E-state index contributed by atoms with van der Waals surface area (Å²) in [6.45, 7) is 0.830. The van der Waals surface area contributed by atoms with Gasteiger partial charge >= 0.3 is 6.03 Å². The molecule has 2 N–H and O–H groups in total. The molecule has 0 unspecified atom stereocenters. The van der Waals surface area contributed by atoms with Crippen molar-refractivity contribution < 1.29 is 22.3 Å². The molecule has 0 radical (unpaired) electrons. The summed E-state index contributed by atoms with van der Waals surface area (Å²) in [5.41, 5.74) is 0.653. The second kappa shape index (κ2) is 8.57. The number of rotatable bonds is 5. The average molecular weight is 407 g/mol. The fourth-order valence-corrected chi connectivity index (χ4v) is 4.33. The van der Waals surface area contributed by atoms with Crippen LogP contribution >= 0.6 is 0 Å². The zero-order chi connectivity index (χ0) is 20.1. The van der Waals surface area contributed by atoms with Gasteiger partial charge in [-0.1, -0.05) is 6.07 Å². The van der Waals surface area contributed by atoms with E-state index in [0.29, 0.717) is 37.4 Å². The third-order valence-corrected chi connectivity index (χ3v) is 6.07. The number of anilines is 1. The van der Waals surface area contributed by atoms with Gasteiger partial charge in [0.25, 0.3) is 0 Å². The topological polar surface area (TPSA) is 87.7 Å². The highest BCUT2D eigenvalue weighted by atomic mass is 32.2. The molecular weight excluding hydrogens is 385 g/mol. The SMILES string of the molecule is COc1ccc(NC(=O)N2CCC(NS(=O)(=O)c3cccc(F)c3)CC2)cc1. The molecule has 1 aliphatic heterocycles. The molecule has 28 heavy (non-hydrogen) atoms. The summed E-state index contributed by atoms with van der Waals surface area (Å²) in [6.07, 6.45) is 0.954. The second-order valence-corrected chi connectivity index (χ2v) is 8.21. The highest BCUT2D eigenvalue weighted by Crippen LogP contribution is 2.18. The van der Waals surface area contributed by atoms with Crippen LogP contribution in [0.2, 0.25) is 0 Å². The van der Waals surface area contributed by atoms with E-state index in [0.717, 1.165) is 6.07 Å². The van der Waals surface area contributed by atoms with E-state index in [1.54, 1.807) is 36.3 Å². The molecular formula is C19H22FN3O4S. The summed E-state index contributed by atoms with van der Waals surface area (Å²) in [5, 5.41) is 2.81. The number of piperidine rings is 1. The summed E-state index contributed by atoms with van der Waals surface area (Å²) >= 11 is 0. The lowest BCUT2D eigenvalue weighted by Crippen LogP contribution is -2.47. The monoisotopic (exact) mass is 407 g/mol. The van der Waals surface area contributed by atoms with Crippen LogP contribution in [0.3, 0.4) is 0 Å².